The van der Waals surface area contributed by atoms with E-state index >= 15 is 0 Å². The molecule has 6 rings (SSSR count). The van der Waals surface area contributed by atoms with Crippen molar-refractivity contribution in [3.63, 3.8) is 0 Å². The lowest BCUT2D eigenvalue weighted by Gasteiger charge is -2.56. The van der Waals surface area contributed by atoms with Crippen molar-refractivity contribution in [1.29, 1.82) is 5.26 Å². The molecule has 5 fully saturated rings. The molecule has 5 aliphatic carbocycles. The van der Waals surface area contributed by atoms with Crippen LogP contribution >= 0.6 is 0 Å². The van der Waals surface area contributed by atoms with Crippen LogP contribution in [0.3, 0.4) is 0 Å². The molecule has 1 aromatic carbocycles. The van der Waals surface area contributed by atoms with Gasteiger partial charge in [-0.25, -0.2) is 0 Å². The average Bonchev–Trinajstić information content (AvgIpc) is 2.81. The Kier molecular flexibility index (Phi) is 6.65. The smallest absolute Gasteiger partial charge is 0.405 e. The van der Waals surface area contributed by atoms with Gasteiger partial charge in [-0.05, 0) is 94.1 Å². The molecule has 0 atom stereocenters. The minimum atomic E-state index is -4.90. The Morgan fingerprint density at radius 2 is 1.64 bits per heavy atom. The van der Waals surface area contributed by atoms with Crippen LogP contribution in [0.4, 0.5) is 13.2 Å². The highest BCUT2D eigenvalue weighted by molar-refractivity contribution is 5.83. The van der Waals surface area contributed by atoms with Gasteiger partial charge in [0.2, 0.25) is 11.8 Å². The summed E-state index contributed by atoms with van der Waals surface area (Å²) in [4.78, 5) is 26.0. The summed E-state index contributed by atoms with van der Waals surface area (Å²) < 4.78 is 42.3. The molecule has 2 N–H and O–H groups in total. The van der Waals surface area contributed by atoms with Gasteiger partial charge in [-0.3, -0.25) is 9.59 Å². The second kappa shape index (κ2) is 9.60. The van der Waals surface area contributed by atoms with Crippen LogP contribution in [-0.2, 0) is 16.1 Å². The van der Waals surface area contributed by atoms with E-state index in [0.29, 0.717) is 30.6 Å². The molecular formula is C27H32F3N3O3. The number of hydrogen-bond acceptors (Lipinski definition) is 4. The largest absolute Gasteiger partial charge is 0.573 e. The van der Waals surface area contributed by atoms with Crippen molar-refractivity contribution < 1.29 is 27.5 Å². The lowest BCUT2D eigenvalue weighted by molar-refractivity contribution is -0.274. The summed E-state index contributed by atoms with van der Waals surface area (Å²) in [6, 6.07) is 5.63. The summed E-state index contributed by atoms with van der Waals surface area (Å²) in [6.07, 6.45) is 4.73. The van der Waals surface area contributed by atoms with Crippen LogP contribution in [0.15, 0.2) is 18.2 Å². The van der Waals surface area contributed by atoms with Crippen molar-refractivity contribution in [1.82, 2.24) is 10.6 Å². The Balaban J connectivity index is 1.11. The number of halogens is 3. The topological polar surface area (TPSA) is 91.2 Å². The van der Waals surface area contributed by atoms with Crippen molar-refractivity contribution in [3.05, 3.63) is 29.3 Å². The van der Waals surface area contributed by atoms with Gasteiger partial charge < -0.3 is 15.4 Å². The van der Waals surface area contributed by atoms with Gasteiger partial charge in [0.05, 0.1) is 11.6 Å². The molecule has 0 unspecified atom stereocenters. The summed E-state index contributed by atoms with van der Waals surface area (Å²) in [7, 11) is 0. The summed E-state index contributed by atoms with van der Waals surface area (Å²) in [5, 5.41) is 15.0. The molecular weight excluding hydrogens is 471 g/mol. The maximum atomic E-state index is 13.3. The van der Waals surface area contributed by atoms with Crippen LogP contribution in [0, 0.1) is 40.4 Å². The zero-order chi connectivity index (χ0) is 25.5. The monoisotopic (exact) mass is 503 g/mol. The Bertz CT molecular complexity index is 1020. The summed E-state index contributed by atoms with van der Waals surface area (Å²) >= 11 is 0. The molecule has 2 amide bonds. The van der Waals surface area contributed by atoms with E-state index in [4.69, 9.17) is 5.26 Å². The molecule has 36 heavy (non-hydrogen) atoms. The average molecular weight is 504 g/mol. The van der Waals surface area contributed by atoms with E-state index in [1.165, 1.54) is 31.4 Å². The first kappa shape index (κ1) is 24.9. The van der Waals surface area contributed by atoms with Gasteiger partial charge in [-0.2, -0.15) is 5.26 Å². The quantitative estimate of drug-likeness (QED) is 0.574. The normalized spacial score (nSPS) is 33.0. The highest BCUT2D eigenvalue weighted by Crippen LogP contribution is 2.60. The van der Waals surface area contributed by atoms with Crippen molar-refractivity contribution in [3.8, 4) is 11.8 Å². The third-order valence-electron chi connectivity index (χ3n) is 8.83. The zero-order valence-electron chi connectivity index (χ0n) is 20.2. The van der Waals surface area contributed by atoms with Gasteiger partial charge in [0, 0.05) is 29.5 Å². The molecule has 0 aliphatic heterocycles. The highest BCUT2D eigenvalue weighted by Gasteiger charge is 2.54. The Hall–Kier alpha value is -2.76. The fourth-order valence-corrected chi connectivity index (χ4v) is 7.54. The summed E-state index contributed by atoms with van der Waals surface area (Å²) in [5.41, 5.74) is 0.00900. The Morgan fingerprint density at radius 3 is 2.19 bits per heavy atom. The molecule has 194 valence electrons. The second-order valence-corrected chi connectivity index (χ2v) is 11.4. The van der Waals surface area contributed by atoms with Gasteiger partial charge in [0.15, 0.2) is 0 Å². The van der Waals surface area contributed by atoms with Gasteiger partial charge in [-0.15, -0.1) is 13.2 Å². The van der Waals surface area contributed by atoms with Crippen LogP contribution in [0.1, 0.15) is 75.3 Å². The van der Waals surface area contributed by atoms with E-state index in [2.05, 4.69) is 15.4 Å². The number of hydrogen-bond donors (Lipinski definition) is 2. The van der Waals surface area contributed by atoms with Gasteiger partial charge in [-0.1, -0.05) is 6.07 Å². The van der Waals surface area contributed by atoms with Gasteiger partial charge in [0.1, 0.15) is 5.75 Å². The fourth-order valence-electron chi connectivity index (χ4n) is 7.54. The lowest BCUT2D eigenvalue weighted by Crippen LogP contribution is -2.55. The molecule has 5 aliphatic rings. The third kappa shape index (κ3) is 5.33. The number of rotatable bonds is 6. The molecule has 9 heteroatoms. The third-order valence-corrected chi connectivity index (χ3v) is 8.83. The number of nitrogens with zero attached hydrogens (tertiary/aromatic N) is 1. The summed E-state index contributed by atoms with van der Waals surface area (Å²) in [6.45, 7) is -0.126. The molecule has 0 aromatic heterocycles. The van der Waals surface area contributed by atoms with Crippen molar-refractivity contribution in [2.75, 3.05) is 0 Å². The highest BCUT2D eigenvalue weighted by atomic mass is 19.4. The first-order valence-electron chi connectivity index (χ1n) is 13.0. The zero-order valence-corrected chi connectivity index (χ0v) is 20.2. The number of carbonyl (C=O) groups is 2. The van der Waals surface area contributed by atoms with Crippen molar-refractivity contribution in [2.45, 2.75) is 83.2 Å². The van der Waals surface area contributed by atoms with E-state index in [1.54, 1.807) is 6.07 Å². The SMILES string of the molecule is N#Cc1ccc(CNC(=O)C2CCC(NC(=O)C34CC5CC(CC(C5)C3)C4)CC2)c(OC(F)(F)F)c1. The van der Waals surface area contributed by atoms with E-state index in [0.717, 1.165) is 38.2 Å². The lowest BCUT2D eigenvalue weighted by atomic mass is 9.49. The molecule has 0 spiro atoms. The molecule has 6 nitrogen and oxygen atoms in total. The Labute approximate surface area is 208 Å². The molecule has 4 bridgehead atoms. The van der Waals surface area contributed by atoms with E-state index in [1.807, 2.05) is 0 Å². The second-order valence-electron chi connectivity index (χ2n) is 11.4. The number of amides is 2. The fraction of sp³-hybridized carbons (Fsp3) is 0.667. The Morgan fingerprint density at radius 1 is 1.03 bits per heavy atom. The maximum Gasteiger partial charge on any atom is 0.573 e. The van der Waals surface area contributed by atoms with Gasteiger partial charge in [0.25, 0.3) is 0 Å². The standard InChI is InChI=1S/C27H32F3N3O3/c28-27(29,30)36-23-10-16(14-31)1-2-21(23)15-32-24(34)20-3-5-22(6-4-20)33-25(35)26-11-17-7-18(12-26)9-19(8-17)13-26/h1-2,10,17-20,22H,3-9,11-13,15H2,(H,32,34)(H,33,35). The number of nitriles is 1. The van der Waals surface area contributed by atoms with Gasteiger partial charge >= 0.3 is 6.36 Å². The number of nitrogens with one attached hydrogen (secondary N) is 2. The molecule has 1 aromatic rings. The first-order valence-corrected chi connectivity index (χ1v) is 13.0. The van der Waals surface area contributed by atoms with Crippen molar-refractivity contribution >= 4 is 11.8 Å². The predicted molar refractivity (Wildman–Crippen MR) is 124 cm³/mol. The molecule has 0 heterocycles. The predicted octanol–water partition coefficient (Wildman–Crippen LogP) is 4.96. The maximum absolute atomic E-state index is 13.3. The molecule has 5 saturated carbocycles. The van der Waals surface area contributed by atoms with Crippen LogP contribution in [-0.4, -0.2) is 24.2 Å². The van der Waals surface area contributed by atoms with Crippen LogP contribution in [0.25, 0.3) is 0 Å². The number of ether oxygens (including phenoxy) is 1. The molecule has 0 radical (unpaired) electrons. The first-order chi connectivity index (χ1) is 17.1. The van der Waals surface area contributed by atoms with E-state index < -0.39 is 12.1 Å². The summed E-state index contributed by atoms with van der Waals surface area (Å²) in [5.74, 6) is 1.38. The minimum absolute atomic E-state index is 0.0400. The minimum Gasteiger partial charge on any atom is -0.405 e. The van der Waals surface area contributed by atoms with E-state index in [-0.39, 0.29) is 46.9 Å². The number of benzene rings is 1. The van der Waals surface area contributed by atoms with Crippen LogP contribution in [0.5, 0.6) is 5.75 Å². The van der Waals surface area contributed by atoms with E-state index in [9.17, 15) is 22.8 Å². The number of alkyl halides is 3. The number of carbonyl (C=O) groups excluding carboxylic acids is 2. The van der Waals surface area contributed by atoms with Crippen molar-refractivity contribution in [2.24, 2.45) is 29.1 Å². The molecule has 0 saturated heterocycles. The van der Waals surface area contributed by atoms with Crippen LogP contribution < -0.4 is 15.4 Å². The van der Waals surface area contributed by atoms with Crippen LogP contribution in [0.2, 0.25) is 0 Å².